The molecule has 3 aromatic heterocycles. The number of aromatic nitrogens is 4. The smallest absolute Gasteiger partial charge is 0.332 e. The van der Waals surface area contributed by atoms with Crippen molar-refractivity contribution in [1.82, 2.24) is 18.9 Å². The lowest BCUT2D eigenvalue weighted by atomic mass is 10.3. The van der Waals surface area contributed by atoms with Crippen molar-refractivity contribution >= 4 is 16.9 Å². The van der Waals surface area contributed by atoms with Crippen molar-refractivity contribution in [2.75, 3.05) is 0 Å². The Bertz CT molecular complexity index is 1020. The molecule has 0 saturated carbocycles. The van der Waals surface area contributed by atoms with Crippen molar-refractivity contribution in [3.63, 3.8) is 0 Å². The van der Waals surface area contributed by atoms with Gasteiger partial charge in [0.25, 0.3) is 5.56 Å². The van der Waals surface area contributed by atoms with E-state index in [0.29, 0.717) is 23.5 Å². The molecule has 0 spiro atoms. The molecule has 3 heterocycles. The molecule has 3 rings (SSSR count). The Labute approximate surface area is 135 Å². The summed E-state index contributed by atoms with van der Waals surface area (Å²) in [6.07, 6.45) is 1.46. The van der Waals surface area contributed by atoms with Gasteiger partial charge in [0.05, 0.1) is 18.5 Å². The number of rotatable bonds is 5. The number of fused-ring (bicyclic) bond motifs is 1. The number of furan rings is 1. The van der Waals surface area contributed by atoms with Gasteiger partial charge in [0, 0.05) is 6.54 Å². The van der Waals surface area contributed by atoms with E-state index in [9.17, 15) is 14.4 Å². The molecule has 0 saturated heterocycles. The second-order valence-corrected chi connectivity index (χ2v) is 5.40. The van der Waals surface area contributed by atoms with Crippen LogP contribution >= 0.6 is 0 Å². The predicted molar refractivity (Wildman–Crippen MR) is 85.7 cm³/mol. The Morgan fingerprint density at radius 2 is 2.04 bits per heavy atom. The highest BCUT2D eigenvalue weighted by Crippen LogP contribution is 2.13. The van der Waals surface area contributed by atoms with Crippen LogP contribution in [0.1, 0.15) is 18.4 Å². The lowest BCUT2D eigenvalue weighted by molar-refractivity contribution is -0.118. The van der Waals surface area contributed by atoms with Gasteiger partial charge < -0.3 is 10.2 Å². The Morgan fingerprint density at radius 3 is 2.62 bits per heavy atom. The van der Waals surface area contributed by atoms with E-state index in [1.165, 1.54) is 15.5 Å². The van der Waals surface area contributed by atoms with Crippen molar-refractivity contribution in [3.05, 3.63) is 50.7 Å². The van der Waals surface area contributed by atoms with Gasteiger partial charge in [-0.05, 0) is 26.0 Å². The fraction of sp³-hybridized carbons (Fsp3) is 0.333. The number of carbonyl (C=O) groups excluding carboxylic acids is 1. The average molecular weight is 331 g/mol. The normalized spacial score (nSPS) is 11.2. The van der Waals surface area contributed by atoms with Gasteiger partial charge in [-0.2, -0.15) is 5.10 Å². The molecule has 0 aliphatic heterocycles. The third kappa shape index (κ3) is 2.43. The highest BCUT2D eigenvalue weighted by molar-refractivity contribution is 5.80. The largest absolute Gasteiger partial charge is 0.467 e. The van der Waals surface area contributed by atoms with E-state index in [-0.39, 0.29) is 18.6 Å². The maximum atomic E-state index is 12.8. The van der Waals surface area contributed by atoms with E-state index in [4.69, 9.17) is 10.2 Å². The van der Waals surface area contributed by atoms with E-state index in [1.807, 2.05) is 6.92 Å². The summed E-state index contributed by atoms with van der Waals surface area (Å²) in [6.45, 7) is 3.61. The second kappa shape index (κ2) is 5.84. The second-order valence-electron chi connectivity index (χ2n) is 5.40. The summed E-state index contributed by atoms with van der Waals surface area (Å²) < 4.78 is 8.95. The lowest BCUT2D eigenvalue weighted by Gasteiger charge is -2.11. The van der Waals surface area contributed by atoms with Gasteiger partial charge in [-0.15, -0.1) is 0 Å². The number of primary amides is 1. The average Bonchev–Trinajstić information content (AvgIpc) is 3.15. The van der Waals surface area contributed by atoms with Crippen LogP contribution < -0.4 is 17.0 Å². The molecule has 0 unspecified atom stereocenters. The van der Waals surface area contributed by atoms with E-state index in [0.717, 1.165) is 4.57 Å². The van der Waals surface area contributed by atoms with Gasteiger partial charge in [0.1, 0.15) is 17.8 Å². The van der Waals surface area contributed by atoms with Crippen LogP contribution in [-0.4, -0.2) is 24.8 Å². The first-order chi connectivity index (χ1) is 11.4. The van der Waals surface area contributed by atoms with Gasteiger partial charge in [-0.1, -0.05) is 0 Å². The molecule has 3 aromatic rings. The molecular weight excluding hydrogens is 314 g/mol. The summed E-state index contributed by atoms with van der Waals surface area (Å²) in [6, 6.07) is 3.33. The number of amides is 1. The molecule has 0 aromatic carbocycles. The minimum absolute atomic E-state index is 0.0344. The first kappa shape index (κ1) is 15.8. The quantitative estimate of drug-likeness (QED) is 0.695. The number of carbonyl (C=O) groups is 1. The number of hydrogen-bond donors (Lipinski definition) is 1. The molecule has 0 aliphatic carbocycles. The fourth-order valence-electron chi connectivity index (χ4n) is 2.79. The van der Waals surface area contributed by atoms with E-state index < -0.39 is 17.2 Å². The summed E-state index contributed by atoms with van der Waals surface area (Å²) in [7, 11) is 0. The third-order valence-electron chi connectivity index (χ3n) is 3.78. The summed E-state index contributed by atoms with van der Waals surface area (Å²) in [5, 5.41) is 4.28. The van der Waals surface area contributed by atoms with Gasteiger partial charge >= 0.3 is 5.69 Å². The van der Waals surface area contributed by atoms with Crippen LogP contribution in [0.15, 0.2) is 32.4 Å². The Morgan fingerprint density at radius 1 is 1.29 bits per heavy atom. The van der Waals surface area contributed by atoms with Crippen LogP contribution in [0.3, 0.4) is 0 Å². The van der Waals surface area contributed by atoms with Crippen molar-refractivity contribution in [2.45, 2.75) is 33.5 Å². The Kier molecular flexibility index (Phi) is 3.84. The minimum Gasteiger partial charge on any atom is -0.467 e. The zero-order chi connectivity index (χ0) is 17.4. The van der Waals surface area contributed by atoms with Crippen molar-refractivity contribution in [2.24, 2.45) is 5.73 Å². The lowest BCUT2D eigenvalue weighted by Crippen LogP contribution is -2.42. The number of aryl methyl sites for hydroxylation is 2. The molecule has 0 atom stereocenters. The van der Waals surface area contributed by atoms with E-state index in [2.05, 4.69) is 5.10 Å². The first-order valence-electron chi connectivity index (χ1n) is 7.45. The number of hydrogen-bond acceptors (Lipinski definition) is 5. The molecule has 2 N–H and O–H groups in total. The Hall–Kier alpha value is -3.10. The van der Waals surface area contributed by atoms with Gasteiger partial charge in [0.15, 0.2) is 5.52 Å². The molecule has 0 radical (unpaired) electrons. The van der Waals surface area contributed by atoms with Crippen LogP contribution in [0.2, 0.25) is 0 Å². The zero-order valence-electron chi connectivity index (χ0n) is 13.4. The van der Waals surface area contributed by atoms with Crippen molar-refractivity contribution in [3.8, 4) is 0 Å². The van der Waals surface area contributed by atoms with Crippen LogP contribution in [0.4, 0.5) is 0 Å². The molecule has 0 bridgehead atoms. The maximum Gasteiger partial charge on any atom is 0.332 e. The summed E-state index contributed by atoms with van der Waals surface area (Å²) in [5.41, 5.74) is 5.26. The molecular formula is C15H17N5O4. The minimum atomic E-state index is -0.676. The summed E-state index contributed by atoms with van der Waals surface area (Å²) in [5.74, 6) is -0.219. The predicted octanol–water partition coefficient (Wildman–Crippen LogP) is -0.185. The van der Waals surface area contributed by atoms with Crippen molar-refractivity contribution < 1.29 is 9.21 Å². The van der Waals surface area contributed by atoms with Gasteiger partial charge in [-0.25, -0.2) is 4.79 Å². The van der Waals surface area contributed by atoms with Crippen LogP contribution in [0.25, 0.3) is 11.0 Å². The highest BCUT2D eigenvalue weighted by Gasteiger charge is 2.21. The third-order valence-corrected chi connectivity index (χ3v) is 3.78. The number of nitrogens with two attached hydrogens (primary N) is 1. The fourth-order valence-corrected chi connectivity index (χ4v) is 2.79. The molecule has 0 fully saturated rings. The zero-order valence-corrected chi connectivity index (χ0v) is 13.4. The Balaban J connectivity index is 2.38. The summed E-state index contributed by atoms with van der Waals surface area (Å²) >= 11 is 0. The highest BCUT2D eigenvalue weighted by atomic mass is 16.3. The van der Waals surface area contributed by atoms with Crippen LogP contribution in [0.5, 0.6) is 0 Å². The molecule has 24 heavy (non-hydrogen) atoms. The summed E-state index contributed by atoms with van der Waals surface area (Å²) in [4.78, 5) is 37.0. The maximum absolute atomic E-state index is 12.8. The van der Waals surface area contributed by atoms with E-state index >= 15 is 0 Å². The SMILES string of the molecule is CCn1nc(C)c2c1c(=O)n(Cc1ccco1)c(=O)n2CC(N)=O. The van der Waals surface area contributed by atoms with E-state index in [1.54, 1.807) is 19.1 Å². The van der Waals surface area contributed by atoms with Gasteiger partial charge in [-0.3, -0.25) is 23.4 Å². The van der Waals surface area contributed by atoms with Gasteiger partial charge in [0.2, 0.25) is 5.91 Å². The first-order valence-corrected chi connectivity index (χ1v) is 7.45. The standard InChI is InChI=1S/C15H17N5O4/c1-3-20-13-12(9(2)17-20)18(8-11(16)21)15(23)19(14(13)22)7-10-5-4-6-24-10/h4-6H,3,7-8H2,1-2H3,(H2,16,21). The molecule has 126 valence electrons. The van der Waals surface area contributed by atoms with Crippen LogP contribution in [0, 0.1) is 6.92 Å². The molecule has 9 nitrogen and oxygen atoms in total. The molecule has 1 amide bonds. The topological polar surface area (TPSA) is 118 Å². The number of nitrogens with zero attached hydrogens (tertiary/aromatic N) is 4. The molecule has 0 aliphatic rings. The monoisotopic (exact) mass is 331 g/mol. The van der Waals surface area contributed by atoms with Crippen molar-refractivity contribution in [1.29, 1.82) is 0 Å². The molecule has 9 heteroatoms. The van der Waals surface area contributed by atoms with Crippen LogP contribution in [-0.2, 0) is 24.4 Å².